The first kappa shape index (κ1) is 26.9. The topological polar surface area (TPSA) is 95.0 Å². The van der Waals surface area contributed by atoms with E-state index in [4.69, 9.17) is 5.10 Å². The van der Waals surface area contributed by atoms with Crippen LogP contribution in [0.3, 0.4) is 0 Å². The maximum atomic E-state index is 14.5. The van der Waals surface area contributed by atoms with Gasteiger partial charge in [-0.15, -0.1) is 0 Å². The third-order valence-electron chi connectivity index (χ3n) is 10.0. The fraction of sp³-hybridized carbons (Fsp3) is 0.548. The Bertz CT molecular complexity index is 1580. The molecule has 1 atom stereocenters. The van der Waals surface area contributed by atoms with Gasteiger partial charge in [-0.25, -0.2) is 13.6 Å². The molecule has 42 heavy (non-hydrogen) atoms. The van der Waals surface area contributed by atoms with Crippen molar-refractivity contribution >= 4 is 17.5 Å². The van der Waals surface area contributed by atoms with Crippen molar-refractivity contribution in [1.29, 1.82) is 5.26 Å². The molecule has 11 heteroatoms. The molecule has 4 heterocycles. The average Bonchev–Trinajstić information content (AvgIpc) is 3.32. The lowest BCUT2D eigenvalue weighted by Crippen LogP contribution is -2.41. The van der Waals surface area contributed by atoms with E-state index in [0.29, 0.717) is 37.2 Å². The molecule has 0 bridgehead atoms. The number of fused-ring (bicyclic) bond motifs is 2. The van der Waals surface area contributed by atoms with Gasteiger partial charge in [-0.1, -0.05) is 0 Å². The van der Waals surface area contributed by atoms with E-state index < -0.39 is 6.43 Å². The lowest BCUT2D eigenvalue weighted by molar-refractivity contribution is 0.152. The summed E-state index contributed by atoms with van der Waals surface area (Å²) in [5.41, 5.74) is 5.33. The van der Waals surface area contributed by atoms with Crippen molar-refractivity contribution in [3.05, 3.63) is 46.9 Å². The third-order valence-corrected chi connectivity index (χ3v) is 10.0. The van der Waals surface area contributed by atoms with E-state index in [-0.39, 0.29) is 29.0 Å². The molecule has 2 fully saturated rings. The van der Waals surface area contributed by atoms with E-state index in [2.05, 4.69) is 26.1 Å². The van der Waals surface area contributed by atoms with Crippen LogP contribution in [0.15, 0.2) is 24.5 Å². The van der Waals surface area contributed by atoms with E-state index in [9.17, 15) is 18.8 Å². The van der Waals surface area contributed by atoms with Gasteiger partial charge in [-0.05, 0) is 73.6 Å². The number of nitrogens with one attached hydrogen (secondary N) is 1. The highest BCUT2D eigenvalue weighted by atomic mass is 19.3. The number of hydrogen-bond acceptors (Lipinski definition) is 5. The number of amides is 2. The molecule has 1 spiro atoms. The van der Waals surface area contributed by atoms with Gasteiger partial charge in [0.15, 0.2) is 5.82 Å². The normalized spacial score (nSPS) is 24.9. The molecule has 2 amide bonds. The second-order valence-corrected chi connectivity index (χ2v) is 12.4. The van der Waals surface area contributed by atoms with Crippen molar-refractivity contribution in [3.63, 3.8) is 0 Å². The molecule has 0 saturated heterocycles. The zero-order valence-electron chi connectivity index (χ0n) is 24.1. The number of anilines is 2. The van der Waals surface area contributed by atoms with Gasteiger partial charge >= 0.3 is 6.03 Å². The van der Waals surface area contributed by atoms with Crippen LogP contribution in [0.5, 0.6) is 0 Å². The molecular formula is C31H36F2N8O. The Morgan fingerprint density at radius 3 is 2.71 bits per heavy atom. The molecular weight excluding hydrogens is 538 g/mol. The number of halogens is 2. The standard InChI is InChI=1S/C31H36F2N8O/c1-35-30(42)39-11-7-25-24(18-39)29(37-41(25)27-14-31(27)8-5-19(15-34)6-9-31)40-10-3-4-20-12-22(21-16-36-38(2)17-21)23(28(32)33)13-26(20)40/h12-13,16-17,19,27-28H,3-11,14,18H2,1-2H3,(H,35,42). The smallest absolute Gasteiger partial charge is 0.317 e. The van der Waals surface area contributed by atoms with Gasteiger partial charge in [0.2, 0.25) is 0 Å². The molecule has 4 aliphatic rings. The summed E-state index contributed by atoms with van der Waals surface area (Å²) in [6, 6.07) is 6.15. The van der Waals surface area contributed by atoms with Crippen molar-refractivity contribution < 1.29 is 13.6 Å². The van der Waals surface area contributed by atoms with Gasteiger partial charge in [-0.3, -0.25) is 9.36 Å². The van der Waals surface area contributed by atoms with E-state index in [1.54, 1.807) is 42.1 Å². The van der Waals surface area contributed by atoms with Crippen molar-refractivity contribution in [2.75, 3.05) is 25.0 Å². The summed E-state index contributed by atoms with van der Waals surface area (Å²) in [6.07, 6.45) is 8.12. The average molecular weight is 575 g/mol. The number of aromatic nitrogens is 4. The Balaban J connectivity index is 1.30. The predicted octanol–water partition coefficient (Wildman–Crippen LogP) is 5.65. The highest BCUT2D eigenvalue weighted by Gasteiger charge is 2.57. The van der Waals surface area contributed by atoms with Crippen molar-refractivity contribution in [2.45, 2.75) is 70.4 Å². The van der Waals surface area contributed by atoms with E-state index in [1.165, 1.54) is 0 Å². The van der Waals surface area contributed by atoms with Crippen LogP contribution in [-0.4, -0.2) is 50.6 Å². The van der Waals surface area contributed by atoms with Gasteiger partial charge in [0.05, 0.1) is 24.9 Å². The molecule has 1 N–H and O–H groups in total. The molecule has 2 aliphatic carbocycles. The van der Waals surface area contributed by atoms with E-state index >= 15 is 0 Å². The number of nitriles is 1. The minimum absolute atomic E-state index is 0.00987. The molecule has 7 rings (SSSR count). The van der Waals surface area contributed by atoms with Crippen LogP contribution in [0, 0.1) is 22.7 Å². The largest absolute Gasteiger partial charge is 0.341 e. The monoisotopic (exact) mass is 574 g/mol. The van der Waals surface area contributed by atoms with Crippen molar-refractivity contribution in [2.24, 2.45) is 18.4 Å². The first-order valence-electron chi connectivity index (χ1n) is 15.0. The summed E-state index contributed by atoms with van der Waals surface area (Å²) in [5.74, 6) is 0.923. The lowest BCUT2D eigenvalue weighted by atomic mass is 9.80. The Hall–Kier alpha value is -3.94. The number of benzene rings is 1. The third kappa shape index (κ3) is 4.34. The Kier molecular flexibility index (Phi) is 6.48. The first-order valence-corrected chi connectivity index (χ1v) is 15.0. The molecule has 2 aromatic heterocycles. The fourth-order valence-electron chi connectivity index (χ4n) is 7.63. The van der Waals surface area contributed by atoms with Crippen LogP contribution < -0.4 is 10.2 Å². The maximum absolute atomic E-state index is 14.5. The number of alkyl halides is 2. The van der Waals surface area contributed by atoms with Gasteiger partial charge in [0, 0.05) is 73.8 Å². The lowest BCUT2D eigenvalue weighted by Gasteiger charge is -2.33. The summed E-state index contributed by atoms with van der Waals surface area (Å²) >= 11 is 0. The summed E-state index contributed by atoms with van der Waals surface area (Å²) in [6.45, 7) is 1.71. The Labute approximate surface area is 244 Å². The van der Waals surface area contributed by atoms with Crippen LogP contribution in [0.4, 0.5) is 25.1 Å². The number of rotatable bonds is 4. The summed E-state index contributed by atoms with van der Waals surface area (Å²) in [7, 11) is 3.42. The van der Waals surface area contributed by atoms with Crippen molar-refractivity contribution in [3.8, 4) is 17.2 Å². The molecule has 2 aliphatic heterocycles. The van der Waals surface area contributed by atoms with E-state index in [1.807, 2.05) is 6.07 Å². The van der Waals surface area contributed by atoms with Gasteiger partial charge in [0.25, 0.3) is 6.43 Å². The maximum Gasteiger partial charge on any atom is 0.317 e. The Morgan fingerprint density at radius 1 is 1.21 bits per heavy atom. The summed E-state index contributed by atoms with van der Waals surface area (Å²) < 4.78 is 32.9. The van der Waals surface area contributed by atoms with Crippen LogP contribution in [0.1, 0.15) is 73.4 Å². The molecule has 2 saturated carbocycles. The van der Waals surface area contributed by atoms with Gasteiger partial charge < -0.3 is 15.1 Å². The number of nitrogens with zero attached hydrogens (tertiary/aromatic N) is 7. The van der Waals surface area contributed by atoms with Crippen LogP contribution in [0.2, 0.25) is 0 Å². The highest BCUT2D eigenvalue weighted by Crippen LogP contribution is 2.65. The zero-order chi connectivity index (χ0) is 29.2. The number of urea groups is 1. The minimum atomic E-state index is -2.64. The summed E-state index contributed by atoms with van der Waals surface area (Å²) in [5, 5.41) is 21.6. The van der Waals surface area contributed by atoms with Gasteiger partial charge in [0.1, 0.15) is 0 Å². The molecule has 1 aromatic carbocycles. The van der Waals surface area contributed by atoms with Crippen LogP contribution >= 0.6 is 0 Å². The second-order valence-electron chi connectivity index (χ2n) is 12.4. The number of carbonyl (C=O) groups excluding carboxylic acids is 1. The molecule has 0 radical (unpaired) electrons. The summed E-state index contributed by atoms with van der Waals surface area (Å²) in [4.78, 5) is 16.6. The fourth-order valence-corrected chi connectivity index (χ4v) is 7.63. The SMILES string of the molecule is CNC(=O)N1CCc2c(c(N3CCCc4cc(-c5cnn(C)c5)c(C(F)F)cc43)nn2C2CC23CCC(C#N)CC3)C1. The van der Waals surface area contributed by atoms with Crippen LogP contribution in [0.25, 0.3) is 11.1 Å². The second kappa shape index (κ2) is 10.1. The Morgan fingerprint density at radius 2 is 2.02 bits per heavy atom. The number of carbonyl (C=O) groups is 1. The van der Waals surface area contributed by atoms with Gasteiger partial charge in [-0.2, -0.15) is 15.5 Å². The number of aryl methyl sites for hydroxylation is 2. The predicted molar refractivity (Wildman–Crippen MR) is 153 cm³/mol. The zero-order valence-corrected chi connectivity index (χ0v) is 24.1. The van der Waals surface area contributed by atoms with Crippen molar-refractivity contribution in [1.82, 2.24) is 29.8 Å². The minimum Gasteiger partial charge on any atom is -0.341 e. The molecule has 1 unspecified atom stereocenters. The molecule has 3 aromatic rings. The van der Waals surface area contributed by atoms with E-state index in [0.717, 1.165) is 73.3 Å². The quantitative estimate of drug-likeness (QED) is 0.435. The number of hydrogen-bond donors (Lipinski definition) is 1. The highest BCUT2D eigenvalue weighted by molar-refractivity contribution is 5.78. The van der Waals surface area contributed by atoms with Crippen LogP contribution in [-0.2, 0) is 26.4 Å². The molecule has 220 valence electrons. The molecule has 9 nitrogen and oxygen atoms in total. The first-order chi connectivity index (χ1) is 20.3.